The topological polar surface area (TPSA) is 117 Å². The Morgan fingerprint density at radius 2 is 1.28 bits per heavy atom. The first-order chi connectivity index (χ1) is 19.0. The van der Waals surface area contributed by atoms with Crippen LogP contribution in [0.3, 0.4) is 0 Å². The van der Waals surface area contributed by atoms with Gasteiger partial charge in [-0.1, -0.05) is 36.4 Å². The Bertz CT molecular complexity index is 1470. The van der Waals surface area contributed by atoms with E-state index in [1.54, 1.807) is 18.2 Å². The Morgan fingerprint density at radius 1 is 0.692 bits per heavy atom. The fraction of sp³-hybridized carbons (Fsp3) is 0.100. The number of hydrogen-bond acceptors (Lipinski definition) is 6. The number of rotatable bonds is 8. The van der Waals surface area contributed by atoms with Crippen LogP contribution in [0.1, 0.15) is 20.7 Å². The van der Waals surface area contributed by atoms with Crippen molar-refractivity contribution in [2.75, 3.05) is 35.3 Å². The van der Waals surface area contributed by atoms with Crippen LogP contribution < -0.4 is 25.0 Å². The van der Waals surface area contributed by atoms with E-state index in [1.807, 2.05) is 65.6 Å². The number of carbonyl (C=O) groups is 3. The van der Waals surface area contributed by atoms with E-state index in [1.165, 1.54) is 18.2 Å². The van der Waals surface area contributed by atoms with Gasteiger partial charge in [0.1, 0.15) is 19.8 Å². The highest BCUT2D eigenvalue weighted by Gasteiger charge is 2.18. The highest BCUT2D eigenvalue weighted by Crippen LogP contribution is 2.31. The number of ether oxygens (including phenoxy) is 2. The van der Waals surface area contributed by atoms with Crippen LogP contribution in [0.4, 0.5) is 22.7 Å². The maximum atomic E-state index is 13.1. The average Bonchev–Trinajstić information content (AvgIpc) is 2.96. The van der Waals surface area contributed by atoms with E-state index in [2.05, 4.69) is 10.6 Å². The number of carbonyl (C=O) groups excluding carboxylic acids is 2. The molecule has 5 rings (SSSR count). The monoisotopic (exact) mass is 523 g/mol. The minimum Gasteiger partial charge on any atom is -0.486 e. The van der Waals surface area contributed by atoms with E-state index in [0.717, 1.165) is 11.4 Å². The molecule has 0 unspecified atom stereocenters. The molecule has 1 aliphatic heterocycles. The Kier molecular flexibility index (Phi) is 7.40. The minimum atomic E-state index is -1.20. The standard InChI is InChI=1S/C30H25N3O6/c34-28(19-33(24-7-3-1-4-8-24)25-9-5-2-6-10-25)31-22-15-21(30(36)37)16-23(18-22)32-29(35)20-11-12-26-27(17-20)39-14-13-38-26/h1-12,15-18H,13-14,19H2,(H,31,34)(H,32,35)(H,36,37). The van der Waals surface area contributed by atoms with Gasteiger partial charge >= 0.3 is 5.97 Å². The quantitative estimate of drug-likeness (QED) is 0.291. The lowest BCUT2D eigenvalue weighted by atomic mass is 10.1. The van der Waals surface area contributed by atoms with Gasteiger partial charge < -0.3 is 30.1 Å². The lowest BCUT2D eigenvalue weighted by Gasteiger charge is -2.24. The van der Waals surface area contributed by atoms with E-state index in [-0.39, 0.29) is 29.4 Å². The predicted octanol–water partition coefficient (Wildman–Crippen LogP) is 5.19. The summed E-state index contributed by atoms with van der Waals surface area (Å²) >= 11 is 0. The maximum Gasteiger partial charge on any atom is 0.335 e. The molecular formula is C30H25N3O6. The van der Waals surface area contributed by atoms with Gasteiger partial charge in [-0.3, -0.25) is 9.59 Å². The second kappa shape index (κ2) is 11.4. The van der Waals surface area contributed by atoms with Crippen LogP contribution >= 0.6 is 0 Å². The number of nitrogens with zero attached hydrogens (tertiary/aromatic N) is 1. The van der Waals surface area contributed by atoms with Crippen LogP contribution in [0.15, 0.2) is 97.1 Å². The third kappa shape index (κ3) is 6.16. The van der Waals surface area contributed by atoms with Gasteiger partial charge in [-0.15, -0.1) is 0 Å². The summed E-state index contributed by atoms with van der Waals surface area (Å²) in [5.74, 6) is -1.02. The van der Waals surface area contributed by atoms with Crippen molar-refractivity contribution in [2.24, 2.45) is 0 Å². The van der Waals surface area contributed by atoms with Crippen molar-refractivity contribution in [1.82, 2.24) is 0 Å². The van der Waals surface area contributed by atoms with Crippen LogP contribution in [0.25, 0.3) is 0 Å². The van der Waals surface area contributed by atoms with Gasteiger partial charge in [0.05, 0.1) is 5.56 Å². The van der Waals surface area contributed by atoms with Crippen LogP contribution in [0, 0.1) is 0 Å². The Balaban J connectivity index is 1.35. The second-order valence-corrected chi connectivity index (χ2v) is 8.72. The summed E-state index contributed by atoms with van der Waals surface area (Å²) in [5, 5.41) is 15.1. The molecule has 0 spiro atoms. The molecule has 1 heterocycles. The van der Waals surface area contributed by atoms with Gasteiger partial charge in [-0.25, -0.2) is 4.79 Å². The summed E-state index contributed by atoms with van der Waals surface area (Å²) in [5.41, 5.74) is 2.32. The predicted molar refractivity (Wildman–Crippen MR) is 147 cm³/mol. The van der Waals surface area contributed by atoms with E-state index in [0.29, 0.717) is 30.3 Å². The highest BCUT2D eigenvalue weighted by atomic mass is 16.6. The second-order valence-electron chi connectivity index (χ2n) is 8.72. The first-order valence-corrected chi connectivity index (χ1v) is 12.2. The molecule has 196 valence electrons. The SMILES string of the molecule is O=C(CN(c1ccccc1)c1ccccc1)Nc1cc(NC(=O)c2ccc3c(c2)OCCO3)cc(C(=O)O)c1. The van der Waals surface area contributed by atoms with Crippen molar-refractivity contribution in [3.63, 3.8) is 0 Å². The zero-order valence-electron chi connectivity index (χ0n) is 20.8. The zero-order valence-corrected chi connectivity index (χ0v) is 20.8. The number of benzene rings is 4. The number of aromatic carboxylic acids is 1. The van der Waals surface area contributed by atoms with Crippen LogP contribution in [-0.2, 0) is 4.79 Å². The molecule has 4 aromatic carbocycles. The smallest absolute Gasteiger partial charge is 0.335 e. The number of carboxylic acid groups (broad SMARTS) is 1. The molecule has 0 aromatic heterocycles. The third-order valence-corrected chi connectivity index (χ3v) is 5.96. The normalized spacial score (nSPS) is 11.8. The van der Waals surface area contributed by atoms with Crippen molar-refractivity contribution >= 4 is 40.5 Å². The maximum absolute atomic E-state index is 13.1. The van der Waals surface area contributed by atoms with Crippen molar-refractivity contribution < 1.29 is 29.0 Å². The van der Waals surface area contributed by atoms with Gasteiger partial charge in [-0.05, 0) is 60.7 Å². The lowest BCUT2D eigenvalue weighted by molar-refractivity contribution is -0.114. The summed E-state index contributed by atoms with van der Waals surface area (Å²) in [6.07, 6.45) is 0. The molecule has 2 amide bonds. The van der Waals surface area contributed by atoms with Crippen molar-refractivity contribution in [2.45, 2.75) is 0 Å². The van der Waals surface area contributed by atoms with Crippen LogP contribution in [0.5, 0.6) is 11.5 Å². The number of carboxylic acids is 1. The third-order valence-electron chi connectivity index (χ3n) is 5.96. The molecule has 3 N–H and O–H groups in total. The molecule has 0 saturated heterocycles. The Hall–Kier alpha value is -5.31. The molecule has 0 bridgehead atoms. The van der Waals surface area contributed by atoms with Gasteiger partial charge in [0, 0.05) is 28.3 Å². The number of hydrogen-bond donors (Lipinski definition) is 3. The molecule has 9 heteroatoms. The summed E-state index contributed by atoms with van der Waals surface area (Å²) in [6.45, 7) is 0.793. The number of para-hydroxylation sites is 2. The molecule has 0 aliphatic carbocycles. The zero-order chi connectivity index (χ0) is 27.2. The first-order valence-electron chi connectivity index (χ1n) is 12.2. The largest absolute Gasteiger partial charge is 0.486 e. The number of amides is 2. The molecule has 1 aliphatic rings. The Morgan fingerprint density at radius 3 is 1.90 bits per heavy atom. The molecule has 9 nitrogen and oxygen atoms in total. The first kappa shape index (κ1) is 25.3. The van der Waals surface area contributed by atoms with Crippen LogP contribution in [-0.4, -0.2) is 42.6 Å². The molecule has 39 heavy (non-hydrogen) atoms. The summed E-state index contributed by atoms with van der Waals surface area (Å²) in [6, 6.07) is 27.9. The highest BCUT2D eigenvalue weighted by molar-refractivity contribution is 6.06. The summed E-state index contributed by atoms with van der Waals surface area (Å²) in [7, 11) is 0. The summed E-state index contributed by atoms with van der Waals surface area (Å²) < 4.78 is 11.0. The number of fused-ring (bicyclic) bond motifs is 1. The molecule has 4 aromatic rings. The lowest BCUT2D eigenvalue weighted by Crippen LogP contribution is -2.29. The fourth-order valence-electron chi connectivity index (χ4n) is 4.17. The Labute approximate surface area is 224 Å². The molecule has 0 saturated carbocycles. The van der Waals surface area contributed by atoms with Crippen molar-refractivity contribution in [3.8, 4) is 11.5 Å². The van der Waals surface area contributed by atoms with E-state index in [9.17, 15) is 19.5 Å². The van der Waals surface area contributed by atoms with Gasteiger partial charge in [0.25, 0.3) is 5.91 Å². The van der Waals surface area contributed by atoms with Gasteiger partial charge in [-0.2, -0.15) is 0 Å². The molecular weight excluding hydrogens is 498 g/mol. The van der Waals surface area contributed by atoms with E-state index in [4.69, 9.17) is 9.47 Å². The number of anilines is 4. The van der Waals surface area contributed by atoms with E-state index >= 15 is 0 Å². The van der Waals surface area contributed by atoms with Crippen LogP contribution in [0.2, 0.25) is 0 Å². The summed E-state index contributed by atoms with van der Waals surface area (Å²) in [4.78, 5) is 39.7. The fourth-order valence-corrected chi connectivity index (χ4v) is 4.17. The molecule has 0 fully saturated rings. The minimum absolute atomic E-state index is 0.0236. The average molecular weight is 524 g/mol. The van der Waals surface area contributed by atoms with Gasteiger partial charge in [0.15, 0.2) is 11.5 Å². The van der Waals surface area contributed by atoms with Crippen molar-refractivity contribution in [3.05, 3.63) is 108 Å². The molecule has 0 atom stereocenters. The van der Waals surface area contributed by atoms with Gasteiger partial charge in [0.2, 0.25) is 5.91 Å². The van der Waals surface area contributed by atoms with Crippen molar-refractivity contribution in [1.29, 1.82) is 0 Å². The number of nitrogens with one attached hydrogen (secondary N) is 2. The molecule has 0 radical (unpaired) electrons. The van der Waals surface area contributed by atoms with E-state index < -0.39 is 11.9 Å².